The Morgan fingerprint density at radius 2 is 1.82 bits per heavy atom. The number of ketones is 1. The Balaban J connectivity index is 2.23. The Bertz CT molecular complexity index is 951. The molecule has 0 amide bonds. The fourth-order valence-electron chi connectivity index (χ4n) is 2.52. The number of fused-ring (bicyclic) bond motifs is 1. The summed E-state index contributed by atoms with van der Waals surface area (Å²) in [7, 11) is 0. The minimum atomic E-state index is -0.517. The third-order valence-corrected chi connectivity index (χ3v) is 3.53. The highest BCUT2D eigenvalue weighted by Crippen LogP contribution is 2.23. The number of hydrogen-bond donors (Lipinski definition) is 1. The zero-order chi connectivity index (χ0) is 15.9. The Hall–Kier alpha value is -2.88. The minimum absolute atomic E-state index is 0.0778. The van der Waals surface area contributed by atoms with Gasteiger partial charge >= 0.3 is 0 Å². The summed E-state index contributed by atoms with van der Waals surface area (Å²) in [6.45, 7) is 3.72. The molecular weight excluding hydrogens is 280 g/mol. The van der Waals surface area contributed by atoms with Gasteiger partial charge in [0.1, 0.15) is 11.3 Å². The maximum absolute atomic E-state index is 12.4. The van der Waals surface area contributed by atoms with Crippen molar-refractivity contribution in [2.24, 2.45) is 0 Å². The quantitative estimate of drug-likeness (QED) is 0.736. The van der Waals surface area contributed by atoms with Crippen molar-refractivity contribution in [3.05, 3.63) is 75.1 Å². The lowest BCUT2D eigenvalue weighted by atomic mass is 10.0. The number of hydrogen-bond acceptors (Lipinski definition) is 4. The molecule has 110 valence electrons. The number of phenols is 1. The average molecular weight is 294 g/mol. The molecule has 0 aliphatic heterocycles. The summed E-state index contributed by atoms with van der Waals surface area (Å²) >= 11 is 0. The summed E-state index contributed by atoms with van der Waals surface area (Å²) in [4.78, 5) is 24.7. The second kappa shape index (κ2) is 5.15. The van der Waals surface area contributed by atoms with Gasteiger partial charge in [-0.3, -0.25) is 9.59 Å². The van der Waals surface area contributed by atoms with Crippen molar-refractivity contribution >= 4 is 16.8 Å². The summed E-state index contributed by atoms with van der Waals surface area (Å²) < 4.78 is 5.64. The number of para-hydroxylation sites is 1. The lowest BCUT2D eigenvalue weighted by Gasteiger charge is -2.06. The highest BCUT2D eigenvalue weighted by atomic mass is 16.3. The lowest BCUT2D eigenvalue weighted by molar-refractivity contribution is 0.101. The molecule has 2 aromatic carbocycles. The Morgan fingerprint density at radius 3 is 2.55 bits per heavy atom. The molecule has 0 saturated carbocycles. The number of rotatable bonds is 2. The zero-order valence-electron chi connectivity index (χ0n) is 12.2. The lowest BCUT2D eigenvalue weighted by Crippen LogP contribution is -2.09. The molecule has 0 aliphatic rings. The van der Waals surface area contributed by atoms with E-state index in [-0.39, 0.29) is 22.5 Å². The Kier molecular flexibility index (Phi) is 3.29. The van der Waals surface area contributed by atoms with E-state index >= 15 is 0 Å². The van der Waals surface area contributed by atoms with E-state index in [1.807, 2.05) is 19.9 Å². The second-order valence-electron chi connectivity index (χ2n) is 5.28. The predicted molar refractivity (Wildman–Crippen MR) is 83.5 cm³/mol. The molecule has 0 bridgehead atoms. The van der Waals surface area contributed by atoms with Crippen LogP contribution in [0.25, 0.3) is 11.0 Å². The van der Waals surface area contributed by atoms with Crippen molar-refractivity contribution in [2.45, 2.75) is 13.8 Å². The molecule has 3 aromatic rings. The molecule has 0 unspecified atom stereocenters. The van der Waals surface area contributed by atoms with Gasteiger partial charge in [-0.2, -0.15) is 0 Å². The molecule has 0 radical (unpaired) electrons. The smallest absolute Gasteiger partial charge is 0.232 e. The summed E-state index contributed by atoms with van der Waals surface area (Å²) in [5.41, 5.74) is 1.98. The first kappa shape index (κ1) is 14.1. The Labute approximate surface area is 126 Å². The molecule has 1 N–H and O–H groups in total. The largest absolute Gasteiger partial charge is 0.507 e. The van der Waals surface area contributed by atoms with Gasteiger partial charge in [0, 0.05) is 6.07 Å². The van der Waals surface area contributed by atoms with E-state index in [9.17, 15) is 14.7 Å². The standard InChI is InChI=1S/C18H14O4/c1-10-7-11(2)18-13(8-10)15(20)9-16(22-18)17(21)12-5-3-4-6-14(12)19/h3-9,19H,1-2H3. The van der Waals surface area contributed by atoms with Crippen LogP contribution in [0.4, 0.5) is 0 Å². The van der Waals surface area contributed by atoms with Gasteiger partial charge in [0.05, 0.1) is 10.9 Å². The Morgan fingerprint density at radius 1 is 1.09 bits per heavy atom. The molecule has 1 heterocycles. The van der Waals surface area contributed by atoms with Gasteiger partial charge in [-0.15, -0.1) is 0 Å². The molecule has 0 saturated heterocycles. The van der Waals surface area contributed by atoms with Gasteiger partial charge in [0.2, 0.25) is 5.78 Å². The number of benzene rings is 2. The van der Waals surface area contributed by atoms with Crippen LogP contribution >= 0.6 is 0 Å². The molecule has 0 fully saturated rings. The van der Waals surface area contributed by atoms with E-state index in [4.69, 9.17) is 4.42 Å². The monoisotopic (exact) mass is 294 g/mol. The van der Waals surface area contributed by atoms with Gasteiger partial charge in [-0.25, -0.2) is 0 Å². The normalized spacial score (nSPS) is 10.8. The van der Waals surface area contributed by atoms with Crippen LogP contribution in [-0.2, 0) is 0 Å². The molecule has 4 nitrogen and oxygen atoms in total. The van der Waals surface area contributed by atoms with E-state index in [0.29, 0.717) is 11.0 Å². The van der Waals surface area contributed by atoms with Crippen LogP contribution in [0.5, 0.6) is 5.75 Å². The van der Waals surface area contributed by atoms with Crippen LogP contribution < -0.4 is 5.43 Å². The molecule has 0 atom stereocenters. The predicted octanol–water partition coefficient (Wildman–Crippen LogP) is 3.35. The number of phenolic OH excluding ortho intramolecular Hbond substituents is 1. The maximum atomic E-state index is 12.4. The van der Waals surface area contributed by atoms with Crippen molar-refractivity contribution in [1.29, 1.82) is 0 Å². The molecular formula is C18H14O4. The topological polar surface area (TPSA) is 67.5 Å². The van der Waals surface area contributed by atoms with Crippen LogP contribution in [0.1, 0.15) is 27.2 Å². The zero-order valence-corrected chi connectivity index (χ0v) is 12.2. The van der Waals surface area contributed by atoms with Gasteiger partial charge in [-0.1, -0.05) is 18.2 Å². The molecule has 22 heavy (non-hydrogen) atoms. The first-order valence-corrected chi connectivity index (χ1v) is 6.85. The third kappa shape index (κ3) is 2.29. The molecule has 1 aromatic heterocycles. The van der Waals surface area contributed by atoms with Crippen molar-refractivity contribution in [3.63, 3.8) is 0 Å². The van der Waals surface area contributed by atoms with Crippen molar-refractivity contribution in [2.75, 3.05) is 0 Å². The van der Waals surface area contributed by atoms with E-state index in [1.54, 1.807) is 18.2 Å². The van der Waals surface area contributed by atoms with Gasteiger partial charge in [-0.05, 0) is 43.2 Å². The highest BCUT2D eigenvalue weighted by molar-refractivity contribution is 6.09. The molecule has 4 heteroatoms. The number of aromatic hydroxyl groups is 1. The first-order valence-electron chi connectivity index (χ1n) is 6.85. The van der Waals surface area contributed by atoms with Crippen molar-refractivity contribution in [3.8, 4) is 5.75 Å². The van der Waals surface area contributed by atoms with E-state index in [1.165, 1.54) is 18.2 Å². The fourth-order valence-corrected chi connectivity index (χ4v) is 2.52. The summed E-state index contributed by atoms with van der Waals surface area (Å²) in [5, 5.41) is 10.2. The van der Waals surface area contributed by atoms with E-state index in [0.717, 1.165) is 11.1 Å². The summed E-state index contributed by atoms with van der Waals surface area (Å²) in [5.74, 6) is -0.737. The fraction of sp³-hybridized carbons (Fsp3) is 0.111. The summed E-state index contributed by atoms with van der Waals surface area (Å²) in [6.07, 6.45) is 0. The maximum Gasteiger partial charge on any atom is 0.232 e. The van der Waals surface area contributed by atoms with Crippen LogP contribution in [0.2, 0.25) is 0 Å². The minimum Gasteiger partial charge on any atom is -0.507 e. The molecule has 0 spiro atoms. The van der Waals surface area contributed by atoms with Crippen LogP contribution in [-0.4, -0.2) is 10.9 Å². The van der Waals surface area contributed by atoms with Crippen LogP contribution in [0.15, 0.2) is 51.7 Å². The third-order valence-electron chi connectivity index (χ3n) is 3.53. The van der Waals surface area contributed by atoms with E-state index in [2.05, 4.69) is 0 Å². The highest BCUT2D eigenvalue weighted by Gasteiger charge is 2.18. The molecule has 0 aliphatic carbocycles. The van der Waals surface area contributed by atoms with Crippen LogP contribution in [0, 0.1) is 13.8 Å². The number of carbonyl (C=O) groups excluding carboxylic acids is 1. The average Bonchev–Trinajstić information content (AvgIpc) is 2.48. The number of aryl methyl sites for hydroxylation is 2. The van der Waals surface area contributed by atoms with Gasteiger partial charge < -0.3 is 9.52 Å². The van der Waals surface area contributed by atoms with Crippen molar-refractivity contribution in [1.82, 2.24) is 0 Å². The first-order chi connectivity index (χ1) is 10.5. The summed E-state index contributed by atoms with van der Waals surface area (Å²) in [6, 6.07) is 11.0. The van der Waals surface area contributed by atoms with Crippen LogP contribution in [0.3, 0.4) is 0 Å². The van der Waals surface area contributed by atoms with Crippen molar-refractivity contribution < 1.29 is 14.3 Å². The second-order valence-corrected chi connectivity index (χ2v) is 5.28. The van der Waals surface area contributed by atoms with Gasteiger partial charge in [0.15, 0.2) is 11.2 Å². The van der Waals surface area contributed by atoms with E-state index < -0.39 is 5.78 Å². The SMILES string of the molecule is Cc1cc(C)c2oc(C(=O)c3ccccc3O)cc(=O)c2c1. The van der Waals surface area contributed by atoms with Gasteiger partial charge in [0.25, 0.3) is 0 Å². The number of carbonyl (C=O) groups is 1. The molecule has 3 rings (SSSR count).